The van der Waals surface area contributed by atoms with Crippen molar-refractivity contribution >= 4 is 17.9 Å². The van der Waals surface area contributed by atoms with Crippen LogP contribution >= 0.6 is 0 Å². The van der Waals surface area contributed by atoms with Crippen molar-refractivity contribution in [1.29, 1.82) is 0 Å². The molecule has 8 nitrogen and oxygen atoms in total. The predicted octanol–water partition coefficient (Wildman–Crippen LogP) is 3.00. The Morgan fingerprint density at radius 1 is 0.889 bits per heavy atom. The van der Waals surface area contributed by atoms with E-state index in [1.54, 1.807) is 19.9 Å². The molecular weight excluding hydrogens is 356 g/mol. The van der Waals surface area contributed by atoms with E-state index >= 15 is 0 Å². The standard InChI is InChI=1S/C19H20O8/c1-4-24-17(20)12-8-13(18(21)25-5-2)10-15(9-12)26-11-14-6-7-16(27-14)19(22)23-3/h6-10H,4-5,11H2,1-3H3. The number of rotatable bonds is 8. The van der Waals surface area contributed by atoms with Gasteiger partial charge in [0.1, 0.15) is 18.1 Å². The third-order valence-electron chi connectivity index (χ3n) is 3.36. The second-order valence-corrected chi connectivity index (χ2v) is 5.23. The summed E-state index contributed by atoms with van der Waals surface area (Å²) in [4.78, 5) is 35.4. The molecule has 0 aliphatic rings. The molecule has 1 aromatic carbocycles. The summed E-state index contributed by atoms with van der Waals surface area (Å²) in [6.07, 6.45) is 0. The lowest BCUT2D eigenvalue weighted by Crippen LogP contribution is -2.10. The molecule has 0 aliphatic carbocycles. The van der Waals surface area contributed by atoms with Gasteiger partial charge in [0.25, 0.3) is 0 Å². The van der Waals surface area contributed by atoms with E-state index in [1.807, 2.05) is 0 Å². The Morgan fingerprint density at radius 2 is 1.48 bits per heavy atom. The Balaban J connectivity index is 2.21. The van der Waals surface area contributed by atoms with E-state index in [1.165, 1.54) is 31.4 Å². The fourth-order valence-corrected chi connectivity index (χ4v) is 2.17. The molecule has 0 spiro atoms. The summed E-state index contributed by atoms with van der Waals surface area (Å²) in [7, 11) is 1.25. The van der Waals surface area contributed by atoms with Crippen LogP contribution in [0, 0.1) is 0 Å². The number of hydrogen-bond acceptors (Lipinski definition) is 8. The van der Waals surface area contributed by atoms with Crippen LogP contribution in [0.1, 0.15) is 50.9 Å². The Bertz CT molecular complexity index is 785. The molecule has 0 fully saturated rings. The van der Waals surface area contributed by atoms with Gasteiger partial charge in [-0.1, -0.05) is 0 Å². The number of furan rings is 1. The largest absolute Gasteiger partial charge is 0.486 e. The van der Waals surface area contributed by atoms with Crippen molar-refractivity contribution in [3.8, 4) is 5.75 Å². The summed E-state index contributed by atoms with van der Waals surface area (Å²) >= 11 is 0. The van der Waals surface area contributed by atoms with Gasteiger partial charge in [-0.05, 0) is 44.2 Å². The van der Waals surface area contributed by atoms with Crippen LogP contribution in [0.3, 0.4) is 0 Å². The molecule has 0 N–H and O–H groups in total. The number of carbonyl (C=O) groups excluding carboxylic acids is 3. The van der Waals surface area contributed by atoms with Crippen molar-refractivity contribution in [2.24, 2.45) is 0 Å². The number of hydrogen-bond donors (Lipinski definition) is 0. The normalized spacial score (nSPS) is 10.2. The van der Waals surface area contributed by atoms with E-state index in [4.69, 9.17) is 18.6 Å². The van der Waals surface area contributed by atoms with Crippen molar-refractivity contribution in [2.45, 2.75) is 20.5 Å². The Labute approximate surface area is 156 Å². The first kappa shape index (κ1) is 20.0. The van der Waals surface area contributed by atoms with Gasteiger partial charge in [0.15, 0.2) is 0 Å². The predicted molar refractivity (Wildman–Crippen MR) is 92.7 cm³/mol. The van der Waals surface area contributed by atoms with Gasteiger partial charge >= 0.3 is 17.9 Å². The number of ether oxygens (including phenoxy) is 4. The highest BCUT2D eigenvalue weighted by atomic mass is 16.5. The van der Waals surface area contributed by atoms with Gasteiger partial charge in [-0.15, -0.1) is 0 Å². The van der Waals surface area contributed by atoms with E-state index in [9.17, 15) is 14.4 Å². The minimum Gasteiger partial charge on any atom is -0.486 e. The van der Waals surface area contributed by atoms with Crippen LogP contribution in [0.5, 0.6) is 5.75 Å². The van der Waals surface area contributed by atoms with Crippen molar-refractivity contribution in [3.63, 3.8) is 0 Å². The molecule has 0 aliphatic heterocycles. The van der Waals surface area contributed by atoms with E-state index in [0.29, 0.717) is 5.76 Å². The highest BCUT2D eigenvalue weighted by molar-refractivity contribution is 5.96. The van der Waals surface area contributed by atoms with Crippen LogP contribution in [-0.4, -0.2) is 38.2 Å². The minimum absolute atomic E-state index is 0.0223. The summed E-state index contributed by atoms with van der Waals surface area (Å²) < 4.78 is 25.4. The third kappa shape index (κ3) is 5.34. The van der Waals surface area contributed by atoms with Crippen LogP contribution < -0.4 is 4.74 Å². The summed E-state index contributed by atoms with van der Waals surface area (Å²) in [5.74, 6) is -1.10. The molecule has 1 aromatic heterocycles. The van der Waals surface area contributed by atoms with Crippen LogP contribution in [0.4, 0.5) is 0 Å². The monoisotopic (exact) mass is 376 g/mol. The number of benzene rings is 1. The fraction of sp³-hybridized carbons (Fsp3) is 0.316. The Hall–Kier alpha value is -3.29. The molecule has 144 valence electrons. The molecule has 0 radical (unpaired) electrons. The van der Waals surface area contributed by atoms with E-state index in [0.717, 1.165) is 0 Å². The van der Waals surface area contributed by atoms with E-state index in [-0.39, 0.29) is 42.5 Å². The van der Waals surface area contributed by atoms with E-state index < -0.39 is 17.9 Å². The average molecular weight is 376 g/mol. The topological polar surface area (TPSA) is 101 Å². The van der Waals surface area contributed by atoms with Gasteiger partial charge < -0.3 is 23.4 Å². The van der Waals surface area contributed by atoms with Crippen molar-refractivity contribution in [2.75, 3.05) is 20.3 Å². The number of esters is 3. The van der Waals surface area contributed by atoms with Gasteiger partial charge in [0, 0.05) is 0 Å². The van der Waals surface area contributed by atoms with E-state index in [2.05, 4.69) is 4.74 Å². The maximum absolute atomic E-state index is 12.0. The number of carbonyl (C=O) groups is 3. The molecule has 0 unspecified atom stereocenters. The van der Waals surface area contributed by atoms with Gasteiger partial charge in [-0.25, -0.2) is 14.4 Å². The fourth-order valence-electron chi connectivity index (χ4n) is 2.17. The SMILES string of the molecule is CCOC(=O)c1cc(OCc2ccc(C(=O)OC)o2)cc(C(=O)OCC)c1. The molecule has 0 saturated heterocycles. The number of methoxy groups -OCH3 is 1. The summed E-state index contributed by atoms with van der Waals surface area (Å²) in [5, 5.41) is 0. The zero-order valence-electron chi connectivity index (χ0n) is 15.3. The van der Waals surface area contributed by atoms with Gasteiger partial charge in [0.05, 0.1) is 31.5 Å². The Kier molecular flexibility index (Phi) is 6.99. The first-order valence-electron chi connectivity index (χ1n) is 8.27. The second-order valence-electron chi connectivity index (χ2n) is 5.23. The molecule has 0 amide bonds. The van der Waals surface area contributed by atoms with Crippen LogP contribution in [-0.2, 0) is 20.8 Å². The average Bonchev–Trinajstić information content (AvgIpc) is 3.15. The van der Waals surface area contributed by atoms with Crippen molar-refractivity contribution in [1.82, 2.24) is 0 Å². The maximum atomic E-state index is 12.0. The molecule has 27 heavy (non-hydrogen) atoms. The smallest absolute Gasteiger partial charge is 0.373 e. The van der Waals surface area contributed by atoms with Crippen LogP contribution in [0.25, 0.3) is 0 Å². The molecule has 2 rings (SSSR count). The minimum atomic E-state index is -0.602. The second kappa shape index (κ2) is 9.42. The van der Waals surface area contributed by atoms with Crippen LogP contribution in [0.15, 0.2) is 34.7 Å². The summed E-state index contributed by atoms with van der Waals surface area (Å²) in [5.41, 5.74) is 0.319. The first-order valence-corrected chi connectivity index (χ1v) is 8.27. The quantitative estimate of drug-likeness (QED) is 0.512. The zero-order valence-corrected chi connectivity index (χ0v) is 15.3. The van der Waals surface area contributed by atoms with Crippen molar-refractivity contribution < 1.29 is 37.7 Å². The third-order valence-corrected chi connectivity index (χ3v) is 3.36. The van der Waals surface area contributed by atoms with Gasteiger partial charge in [0.2, 0.25) is 5.76 Å². The van der Waals surface area contributed by atoms with Gasteiger partial charge in [-0.3, -0.25) is 0 Å². The lowest BCUT2D eigenvalue weighted by molar-refractivity contribution is 0.0519. The maximum Gasteiger partial charge on any atom is 0.373 e. The zero-order chi connectivity index (χ0) is 19.8. The lowest BCUT2D eigenvalue weighted by atomic mass is 10.1. The summed E-state index contributed by atoms with van der Waals surface area (Å²) in [6.45, 7) is 3.73. The van der Waals surface area contributed by atoms with Crippen molar-refractivity contribution in [3.05, 3.63) is 53.0 Å². The molecule has 8 heteroatoms. The van der Waals surface area contributed by atoms with Gasteiger partial charge in [-0.2, -0.15) is 0 Å². The highest BCUT2D eigenvalue weighted by Gasteiger charge is 2.16. The Morgan fingerprint density at radius 3 is 2.00 bits per heavy atom. The lowest BCUT2D eigenvalue weighted by Gasteiger charge is -2.10. The molecule has 1 heterocycles. The molecule has 0 atom stereocenters. The van der Waals surface area contributed by atoms with Crippen LogP contribution in [0.2, 0.25) is 0 Å². The molecule has 0 saturated carbocycles. The molecule has 0 bridgehead atoms. The molecular formula is C19H20O8. The molecule has 2 aromatic rings. The summed E-state index contributed by atoms with van der Waals surface area (Å²) in [6, 6.07) is 7.30. The first-order chi connectivity index (χ1) is 13.0. The highest BCUT2D eigenvalue weighted by Crippen LogP contribution is 2.21.